The number of carbonyl (C=O) groups excluding carboxylic acids is 1. The number of aromatic nitrogens is 2. The lowest BCUT2D eigenvalue weighted by atomic mass is 9.87. The molecule has 1 saturated carbocycles. The first-order valence-corrected chi connectivity index (χ1v) is 8.87. The fourth-order valence-corrected chi connectivity index (χ4v) is 3.08. The summed E-state index contributed by atoms with van der Waals surface area (Å²) in [5, 5.41) is 13.6. The number of aliphatic imine (C=N–C) groups is 1. The summed E-state index contributed by atoms with van der Waals surface area (Å²) in [6.45, 7) is 1.92. The molecule has 142 valence electrons. The summed E-state index contributed by atoms with van der Waals surface area (Å²) in [7, 11) is 3.65. The number of nitrogens with one attached hydrogen (secondary N) is 3. The average molecular weight is 462 g/mol. The van der Waals surface area contributed by atoms with Crippen LogP contribution in [0.15, 0.2) is 17.3 Å². The molecule has 0 bridgehead atoms. The van der Waals surface area contributed by atoms with Gasteiger partial charge in [0, 0.05) is 39.8 Å². The molecule has 1 aliphatic carbocycles. The maximum Gasteiger partial charge on any atom is 0.220 e. The van der Waals surface area contributed by atoms with Crippen LogP contribution in [0.2, 0.25) is 0 Å². The molecule has 3 N–H and O–H groups in total. The Kier molecular flexibility index (Phi) is 10.5. The van der Waals surface area contributed by atoms with Gasteiger partial charge in [0.05, 0.1) is 12.2 Å². The van der Waals surface area contributed by atoms with Crippen LogP contribution in [0, 0.1) is 5.92 Å². The molecule has 0 saturated heterocycles. The predicted molar refractivity (Wildman–Crippen MR) is 111 cm³/mol. The molecule has 0 radical (unpaired) electrons. The van der Waals surface area contributed by atoms with Crippen LogP contribution in [0.1, 0.15) is 44.2 Å². The lowest BCUT2D eigenvalue weighted by Gasteiger charge is -2.20. The molecule has 1 aliphatic rings. The van der Waals surface area contributed by atoms with Crippen LogP contribution in [0.25, 0.3) is 0 Å². The second-order valence-electron chi connectivity index (χ2n) is 6.36. The molecule has 0 aliphatic heterocycles. The third-order valence-corrected chi connectivity index (χ3v) is 4.52. The van der Waals surface area contributed by atoms with Gasteiger partial charge in [0.15, 0.2) is 5.96 Å². The number of halogens is 1. The molecule has 7 nitrogen and oxygen atoms in total. The monoisotopic (exact) mass is 462 g/mol. The van der Waals surface area contributed by atoms with E-state index in [4.69, 9.17) is 0 Å². The van der Waals surface area contributed by atoms with Crippen LogP contribution in [-0.4, -0.2) is 41.8 Å². The van der Waals surface area contributed by atoms with E-state index in [1.54, 1.807) is 13.2 Å². The average Bonchev–Trinajstić information content (AvgIpc) is 3.00. The summed E-state index contributed by atoms with van der Waals surface area (Å²) < 4.78 is 1.83. The minimum absolute atomic E-state index is 0. The zero-order valence-corrected chi connectivity index (χ0v) is 17.6. The maximum absolute atomic E-state index is 11.9. The van der Waals surface area contributed by atoms with Crippen LogP contribution >= 0.6 is 24.0 Å². The predicted octanol–water partition coefficient (Wildman–Crippen LogP) is 1.79. The van der Waals surface area contributed by atoms with Gasteiger partial charge in [-0.05, 0) is 24.8 Å². The van der Waals surface area contributed by atoms with Gasteiger partial charge in [-0.3, -0.25) is 14.5 Å². The Morgan fingerprint density at radius 2 is 1.96 bits per heavy atom. The maximum atomic E-state index is 11.9. The molecule has 0 aromatic carbocycles. The first kappa shape index (κ1) is 21.7. The van der Waals surface area contributed by atoms with E-state index in [0.29, 0.717) is 32.0 Å². The molecular weight excluding hydrogens is 431 g/mol. The van der Waals surface area contributed by atoms with E-state index in [0.717, 1.165) is 11.7 Å². The van der Waals surface area contributed by atoms with Gasteiger partial charge in [0.25, 0.3) is 0 Å². The van der Waals surface area contributed by atoms with E-state index in [1.165, 1.54) is 32.1 Å². The Labute approximate surface area is 167 Å². The van der Waals surface area contributed by atoms with Crippen molar-refractivity contribution in [1.29, 1.82) is 0 Å². The molecule has 1 fully saturated rings. The Bertz CT molecular complexity index is 539. The van der Waals surface area contributed by atoms with Crippen LogP contribution in [0.4, 0.5) is 0 Å². The molecule has 0 unspecified atom stereocenters. The van der Waals surface area contributed by atoms with Crippen molar-refractivity contribution < 1.29 is 4.79 Å². The van der Waals surface area contributed by atoms with Crippen LogP contribution in [0.3, 0.4) is 0 Å². The molecule has 0 atom stereocenters. The molecule has 1 amide bonds. The van der Waals surface area contributed by atoms with Gasteiger partial charge >= 0.3 is 0 Å². The van der Waals surface area contributed by atoms with Gasteiger partial charge in [-0.2, -0.15) is 5.10 Å². The molecule has 8 heteroatoms. The Hall–Kier alpha value is -1.32. The van der Waals surface area contributed by atoms with Gasteiger partial charge in [-0.1, -0.05) is 19.3 Å². The number of carbonyl (C=O) groups is 1. The zero-order valence-electron chi connectivity index (χ0n) is 15.3. The Morgan fingerprint density at radius 3 is 2.60 bits per heavy atom. The molecule has 1 heterocycles. The van der Waals surface area contributed by atoms with E-state index in [1.807, 2.05) is 17.8 Å². The highest BCUT2D eigenvalue weighted by atomic mass is 127. The summed E-state index contributed by atoms with van der Waals surface area (Å²) in [6, 6.07) is 1.96. The fraction of sp³-hybridized carbons (Fsp3) is 0.706. The van der Waals surface area contributed by atoms with Crippen molar-refractivity contribution in [2.75, 3.05) is 20.1 Å². The van der Waals surface area contributed by atoms with E-state index in [-0.39, 0.29) is 29.9 Å². The van der Waals surface area contributed by atoms with Crippen molar-refractivity contribution in [3.05, 3.63) is 18.0 Å². The fourth-order valence-electron chi connectivity index (χ4n) is 3.08. The number of nitrogens with zero attached hydrogens (tertiary/aromatic N) is 3. The third kappa shape index (κ3) is 8.06. The Balaban J connectivity index is 0.00000312. The third-order valence-electron chi connectivity index (χ3n) is 4.52. The van der Waals surface area contributed by atoms with E-state index < -0.39 is 0 Å². The zero-order chi connectivity index (χ0) is 17.2. The minimum atomic E-state index is 0. The molecule has 0 spiro atoms. The van der Waals surface area contributed by atoms with E-state index >= 15 is 0 Å². The molecule has 25 heavy (non-hydrogen) atoms. The van der Waals surface area contributed by atoms with Gasteiger partial charge < -0.3 is 16.0 Å². The summed E-state index contributed by atoms with van der Waals surface area (Å²) >= 11 is 0. The van der Waals surface area contributed by atoms with Crippen LogP contribution in [0.5, 0.6) is 0 Å². The van der Waals surface area contributed by atoms with Crippen molar-refractivity contribution in [3.63, 3.8) is 0 Å². The second-order valence-corrected chi connectivity index (χ2v) is 6.36. The van der Waals surface area contributed by atoms with Crippen molar-refractivity contribution in [1.82, 2.24) is 25.7 Å². The topological polar surface area (TPSA) is 83.3 Å². The summed E-state index contributed by atoms with van der Waals surface area (Å²) in [6.07, 6.45) is 8.73. The van der Waals surface area contributed by atoms with Crippen molar-refractivity contribution in [3.8, 4) is 0 Å². The SMILES string of the molecule is CN=C(NCCNC(=O)CC1CCCCC1)NCc1ccnn1C.I. The highest BCUT2D eigenvalue weighted by Gasteiger charge is 2.16. The van der Waals surface area contributed by atoms with Crippen molar-refractivity contribution in [2.24, 2.45) is 18.0 Å². The quantitative estimate of drug-likeness (QED) is 0.250. The van der Waals surface area contributed by atoms with Gasteiger partial charge in [0.2, 0.25) is 5.91 Å². The lowest BCUT2D eigenvalue weighted by Crippen LogP contribution is -2.41. The number of rotatable bonds is 7. The van der Waals surface area contributed by atoms with Crippen LogP contribution < -0.4 is 16.0 Å². The van der Waals surface area contributed by atoms with Crippen molar-refractivity contribution in [2.45, 2.75) is 45.1 Å². The first-order chi connectivity index (χ1) is 11.7. The number of hydrogen-bond donors (Lipinski definition) is 3. The number of hydrogen-bond acceptors (Lipinski definition) is 3. The molecule has 1 aromatic rings. The first-order valence-electron chi connectivity index (χ1n) is 8.87. The molecule has 1 aromatic heterocycles. The van der Waals surface area contributed by atoms with Gasteiger partial charge in [-0.25, -0.2) is 0 Å². The normalized spacial score (nSPS) is 15.4. The lowest BCUT2D eigenvalue weighted by molar-refractivity contribution is -0.122. The highest BCUT2D eigenvalue weighted by Crippen LogP contribution is 2.25. The van der Waals surface area contributed by atoms with Gasteiger partial charge in [0.1, 0.15) is 0 Å². The number of guanidine groups is 1. The number of aryl methyl sites for hydroxylation is 1. The van der Waals surface area contributed by atoms with Crippen LogP contribution in [-0.2, 0) is 18.4 Å². The second kappa shape index (κ2) is 12.1. The summed E-state index contributed by atoms with van der Waals surface area (Å²) in [5.74, 6) is 1.47. The smallest absolute Gasteiger partial charge is 0.220 e. The summed E-state index contributed by atoms with van der Waals surface area (Å²) in [5.41, 5.74) is 1.08. The highest BCUT2D eigenvalue weighted by molar-refractivity contribution is 14.0. The standard InChI is InChI=1S/C17H30N6O.HI/c1-18-17(21-13-15-8-9-22-23(15)2)20-11-10-19-16(24)12-14-6-4-3-5-7-14;/h8-9,14H,3-7,10-13H2,1-2H3,(H,19,24)(H2,18,20,21);1H. The minimum Gasteiger partial charge on any atom is -0.355 e. The van der Waals surface area contributed by atoms with Crippen molar-refractivity contribution >= 4 is 35.8 Å². The van der Waals surface area contributed by atoms with E-state index in [2.05, 4.69) is 26.0 Å². The van der Waals surface area contributed by atoms with E-state index in [9.17, 15) is 4.79 Å². The van der Waals surface area contributed by atoms with Gasteiger partial charge in [-0.15, -0.1) is 24.0 Å². The number of amides is 1. The molecule has 2 rings (SSSR count). The Morgan fingerprint density at radius 1 is 1.24 bits per heavy atom. The largest absolute Gasteiger partial charge is 0.355 e. The summed E-state index contributed by atoms with van der Waals surface area (Å²) in [4.78, 5) is 16.1. The molecular formula is C17H31IN6O.